The number of carbonyl (C=O) groups is 1. The van der Waals surface area contributed by atoms with Crippen molar-refractivity contribution in [2.75, 3.05) is 14.1 Å². The zero-order chi connectivity index (χ0) is 11.5. The summed E-state index contributed by atoms with van der Waals surface area (Å²) in [7, 11) is 3.61. The van der Waals surface area contributed by atoms with E-state index in [4.69, 9.17) is 0 Å². The Kier molecular flexibility index (Phi) is 3.48. The fraction of sp³-hybridized carbons (Fsp3) is 0.417. The summed E-state index contributed by atoms with van der Waals surface area (Å²) in [5.74, 6) is -0.00120. The van der Waals surface area contributed by atoms with Gasteiger partial charge in [0.25, 0.3) is 0 Å². The van der Waals surface area contributed by atoms with Gasteiger partial charge in [-0.2, -0.15) is 0 Å². The molecule has 0 radical (unpaired) electrons. The number of nitrogens with one attached hydrogen (secondary N) is 1. The van der Waals surface area contributed by atoms with E-state index in [9.17, 15) is 4.79 Å². The highest BCUT2D eigenvalue weighted by Crippen LogP contribution is 2.22. The molecular weight excluding hydrogens is 188 g/mol. The number of hydrogen-bond donors (Lipinski definition) is 1. The van der Waals surface area contributed by atoms with Crippen molar-refractivity contribution < 1.29 is 4.79 Å². The first-order valence-electron chi connectivity index (χ1n) is 4.98. The molecule has 1 aromatic rings. The summed E-state index contributed by atoms with van der Waals surface area (Å²) in [5.41, 5.74) is 3.29. The minimum atomic E-state index is -0.508. The van der Waals surface area contributed by atoms with Crippen molar-refractivity contribution in [1.82, 2.24) is 10.4 Å². The van der Waals surface area contributed by atoms with Crippen LogP contribution in [0.25, 0.3) is 0 Å². The van der Waals surface area contributed by atoms with Gasteiger partial charge in [0.05, 0.1) is 5.41 Å². The van der Waals surface area contributed by atoms with Crippen LogP contribution in [0.2, 0.25) is 0 Å². The van der Waals surface area contributed by atoms with E-state index in [1.807, 2.05) is 44.2 Å². The zero-order valence-electron chi connectivity index (χ0n) is 9.74. The molecule has 0 spiro atoms. The number of nitrogens with zero attached hydrogens (tertiary/aromatic N) is 1. The lowest BCUT2D eigenvalue weighted by molar-refractivity contribution is -0.129. The van der Waals surface area contributed by atoms with Crippen molar-refractivity contribution in [1.29, 1.82) is 0 Å². The number of hydrazine groups is 1. The van der Waals surface area contributed by atoms with Crippen LogP contribution in [0, 0.1) is 0 Å². The van der Waals surface area contributed by atoms with Crippen LogP contribution < -0.4 is 5.43 Å². The normalized spacial score (nSPS) is 11.5. The molecule has 0 aliphatic carbocycles. The van der Waals surface area contributed by atoms with E-state index in [1.54, 1.807) is 19.1 Å². The Hall–Kier alpha value is -1.35. The van der Waals surface area contributed by atoms with Crippen LogP contribution in [0.4, 0.5) is 0 Å². The van der Waals surface area contributed by atoms with Crippen LogP contribution in [0.15, 0.2) is 30.3 Å². The maximum absolute atomic E-state index is 11.9. The van der Waals surface area contributed by atoms with Gasteiger partial charge in [0.15, 0.2) is 0 Å². The summed E-state index contributed by atoms with van der Waals surface area (Å²) in [6, 6.07) is 9.77. The molecule has 0 atom stereocenters. The van der Waals surface area contributed by atoms with E-state index >= 15 is 0 Å². The molecule has 1 N–H and O–H groups in total. The number of carbonyl (C=O) groups excluding carboxylic acids is 1. The molecule has 0 aliphatic rings. The summed E-state index contributed by atoms with van der Waals surface area (Å²) in [6.07, 6.45) is 0. The topological polar surface area (TPSA) is 32.3 Å². The molecule has 15 heavy (non-hydrogen) atoms. The number of hydrogen-bond acceptors (Lipinski definition) is 2. The highest BCUT2D eigenvalue weighted by molar-refractivity contribution is 5.86. The minimum Gasteiger partial charge on any atom is -0.289 e. The van der Waals surface area contributed by atoms with E-state index in [0.29, 0.717) is 0 Å². The van der Waals surface area contributed by atoms with Gasteiger partial charge in [0.1, 0.15) is 0 Å². The SMILES string of the molecule is CN(C)NC(=O)C(C)(C)c1ccccc1. The maximum atomic E-state index is 11.9. The molecule has 0 bridgehead atoms. The Labute approximate surface area is 91.1 Å². The van der Waals surface area contributed by atoms with Crippen molar-refractivity contribution in [2.24, 2.45) is 0 Å². The largest absolute Gasteiger partial charge is 0.289 e. The maximum Gasteiger partial charge on any atom is 0.244 e. The average molecular weight is 206 g/mol. The van der Waals surface area contributed by atoms with Gasteiger partial charge in [0.2, 0.25) is 5.91 Å². The third-order valence-corrected chi connectivity index (χ3v) is 2.39. The smallest absolute Gasteiger partial charge is 0.244 e. The van der Waals surface area contributed by atoms with E-state index in [-0.39, 0.29) is 5.91 Å². The van der Waals surface area contributed by atoms with E-state index in [2.05, 4.69) is 5.43 Å². The van der Waals surface area contributed by atoms with Crippen molar-refractivity contribution in [3.05, 3.63) is 35.9 Å². The third kappa shape index (κ3) is 2.80. The number of benzene rings is 1. The van der Waals surface area contributed by atoms with E-state index < -0.39 is 5.41 Å². The first kappa shape index (κ1) is 11.7. The minimum absolute atomic E-state index is 0.00120. The second-order valence-electron chi connectivity index (χ2n) is 4.33. The van der Waals surface area contributed by atoms with Crippen molar-refractivity contribution in [3.8, 4) is 0 Å². The molecule has 1 aromatic carbocycles. The van der Waals surface area contributed by atoms with E-state index in [0.717, 1.165) is 5.56 Å². The summed E-state index contributed by atoms with van der Waals surface area (Å²) in [5, 5.41) is 1.66. The van der Waals surface area contributed by atoms with Crippen molar-refractivity contribution >= 4 is 5.91 Å². The van der Waals surface area contributed by atoms with Gasteiger partial charge in [-0.1, -0.05) is 30.3 Å². The predicted octanol–water partition coefficient (Wildman–Crippen LogP) is 1.56. The van der Waals surface area contributed by atoms with Gasteiger partial charge in [-0.25, -0.2) is 5.01 Å². The van der Waals surface area contributed by atoms with Crippen LogP contribution in [-0.4, -0.2) is 25.0 Å². The molecule has 0 fully saturated rings. The lowest BCUT2D eigenvalue weighted by Gasteiger charge is -2.26. The Morgan fingerprint density at radius 1 is 1.20 bits per heavy atom. The standard InChI is InChI=1S/C12H18N2O/c1-12(2,11(15)13-14(3)4)10-8-6-5-7-9-10/h5-9H,1-4H3,(H,13,15). The summed E-state index contributed by atoms with van der Waals surface area (Å²) in [6.45, 7) is 3.84. The number of amides is 1. The first-order chi connectivity index (χ1) is 6.94. The third-order valence-electron chi connectivity index (χ3n) is 2.39. The molecule has 3 heteroatoms. The molecule has 3 nitrogen and oxygen atoms in total. The van der Waals surface area contributed by atoms with Crippen LogP contribution in [0.5, 0.6) is 0 Å². The predicted molar refractivity (Wildman–Crippen MR) is 61.3 cm³/mol. The van der Waals surface area contributed by atoms with Gasteiger partial charge >= 0.3 is 0 Å². The van der Waals surface area contributed by atoms with Crippen LogP contribution in [0.1, 0.15) is 19.4 Å². The lowest BCUT2D eigenvalue weighted by Crippen LogP contribution is -2.46. The Bertz CT molecular complexity index is 331. The monoisotopic (exact) mass is 206 g/mol. The molecule has 0 saturated carbocycles. The molecule has 0 heterocycles. The molecule has 0 saturated heterocycles. The van der Waals surface area contributed by atoms with Crippen molar-refractivity contribution in [3.63, 3.8) is 0 Å². The second-order valence-corrected chi connectivity index (χ2v) is 4.33. The summed E-state index contributed by atoms with van der Waals surface area (Å²) < 4.78 is 0. The van der Waals surface area contributed by atoms with E-state index in [1.165, 1.54) is 0 Å². The molecular formula is C12H18N2O. The van der Waals surface area contributed by atoms with Crippen molar-refractivity contribution in [2.45, 2.75) is 19.3 Å². The number of rotatable bonds is 3. The quantitative estimate of drug-likeness (QED) is 0.761. The Balaban J connectivity index is 2.88. The molecule has 82 valence electrons. The molecule has 1 rings (SSSR count). The molecule has 0 aromatic heterocycles. The highest BCUT2D eigenvalue weighted by atomic mass is 16.2. The Morgan fingerprint density at radius 3 is 2.20 bits per heavy atom. The fourth-order valence-electron chi connectivity index (χ4n) is 1.33. The first-order valence-corrected chi connectivity index (χ1v) is 4.98. The average Bonchev–Trinajstić information content (AvgIpc) is 2.18. The molecule has 1 amide bonds. The second kappa shape index (κ2) is 4.45. The molecule has 0 aliphatic heterocycles. The van der Waals surface area contributed by atoms with Crippen LogP contribution in [-0.2, 0) is 10.2 Å². The van der Waals surface area contributed by atoms with Gasteiger partial charge in [0, 0.05) is 14.1 Å². The van der Waals surface area contributed by atoms with Crippen LogP contribution >= 0.6 is 0 Å². The van der Waals surface area contributed by atoms with Gasteiger partial charge in [-0.05, 0) is 19.4 Å². The lowest BCUT2D eigenvalue weighted by atomic mass is 9.84. The Morgan fingerprint density at radius 2 is 1.73 bits per heavy atom. The van der Waals surface area contributed by atoms with Gasteiger partial charge in [-0.3, -0.25) is 10.2 Å². The van der Waals surface area contributed by atoms with Crippen LogP contribution in [0.3, 0.4) is 0 Å². The summed E-state index contributed by atoms with van der Waals surface area (Å²) >= 11 is 0. The fourth-order valence-corrected chi connectivity index (χ4v) is 1.33. The van der Waals surface area contributed by atoms with Gasteiger partial charge < -0.3 is 0 Å². The summed E-state index contributed by atoms with van der Waals surface area (Å²) in [4.78, 5) is 11.9. The zero-order valence-corrected chi connectivity index (χ0v) is 9.74. The molecule has 0 unspecified atom stereocenters. The van der Waals surface area contributed by atoms with Gasteiger partial charge in [-0.15, -0.1) is 0 Å². The highest BCUT2D eigenvalue weighted by Gasteiger charge is 2.29.